The highest BCUT2D eigenvalue weighted by Crippen LogP contribution is 2.35. The highest BCUT2D eigenvalue weighted by molar-refractivity contribution is 7.80. The number of halogens is 2. The fraction of sp³-hybridized carbons (Fsp3) is 0.0455. The first-order chi connectivity index (χ1) is 14.5. The number of fused-ring (bicyclic) bond motifs is 1. The van der Waals surface area contributed by atoms with Gasteiger partial charge in [0.2, 0.25) is 5.91 Å². The molecule has 0 radical (unpaired) electrons. The van der Waals surface area contributed by atoms with Gasteiger partial charge in [-0.05, 0) is 35.5 Å². The van der Waals surface area contributed by atoms with Crippen molar-refractivity contribution < 1.29 is 4.79 Å². The van der Waals surface area contributed by atoms with Gasteiger partial charge in [-0.15, -0.1) is 0 Å². The summed E-state index contributed by atoms with van der Waals surface area (Å²) in [5, 5.41) is 7.27. The Balaban J connectivity index is 1.54. The van der Waals surface area contributed by atoms with Crippen LogP contribution in [-0.2, 0) is 4.79 Å². The number of rotatable bonds is 4. The average molecular weight is 472 g/mol. The van der Waals surface area contributed by atoms with Crippen molar-refractivity contribution in [3.05, 3.63) is 94.0 Å². The molecule has 0 aliphatic carbocycles. The minimum Gasteiger partial charge on any atom is -0.308 e. The lowest BCUT2D eigenvalue weighted by Gasteiger charge is -2.18. The summed E-state index contributed by atoms with van der Waals surface area (Å²) in [7, 11) is 0. The van der Waals surface area contributed by atoms with Crippen LogP contribution in [0.2, 0.25) is 10.0 Å². The van der Waals surface area contributed by atoms with E-state index >= 15 is 0 Å². The van der Waals surface area contributed by atoms with E-state index in [0.29, 0.717) is 20.7 Å². The molecule has 30 heavy (non-hydrogen) atoms. The second-order valence-corrected chi connectivity index (χ2v) is 8.65. The fourth-order valence-corrected chi connectivity index (χ4v) is 4.65. The number of benzene rings is 3. The van der Waals surface area contributed by atoms with E-state index in [2.05, 4.69) is 15.6 Å². The molecule has 3 aromatic carbocycles. The van der Waals surface area contributed by atoms with Gasteiger partial charge in [0.05, 0.1) is 20.7 Å². The molecule has 0 saturated heterocycles. The van der Waals surface area contributed by atoms with Gasteiger partial charge in [0, 0.05) is 0 Å². The van der Waals surface area contributed by atoms with Crippen molar-refractivity contribution >= 4 is 73.1 Å². The van der Waals surface area contributed by atoms with E-state index in [1.807, 2.05) is 66.7 Å². The zero-order chi connectivity index (χ0) is 21.1. The third-order valence-corrected chi connectivity index (χ3v) is 6.37. The molecule has 0 spiro atoms. The highest BCUT2D eigenvalue weighted by atomic mass is 35.5. The highest BCUT2D eigenvalue weighted by Gasteiger charge is 2.23. The third kappa shape index (κ3) is 4.47. The maximum atomic E-state index is 13.1. The molecule has 0 aliphatic heterocycles. The minimum absolute atomic E-state index is 0.165. The van der Waals surface area contributed by atoms with Crippen molar-refractivity contribution in [1.29, 1.82) is 0 Å². The molecule has 0 unspecified atom stereocenters. The van der Waals surface area contributed by atoms with Crippen LogP contribution in [0.4, 0.5) is 5.13 Å². The van der Waals surface area contributed by atoms with Crippen LogP contribution in [0.15, 0.2) is 72.8 Å². The molecule has 0 saturated carbocycles. The van der Waals surface area contributed by atoms with E-state index in [4.69, 9.17) is 35.4 Å². The summed E-state index contributed by atoms with van der Waals surface area (Å²) < 4.78 is 0.868. The monoisotopic (exact) mass is 471 g/mol. The van der Waals surface area contributed by atoms with Crippen molar-refractivity contribution in [1.82, 2.24) is 10.3 Å². The van der Waals surface area contributed by atoms with Crippen LogP contribution >= 0.6 is 46.8 Å². The van der Waals surface area contributed by atoms with Gasteiger partial charge < -0.3 is 10.6 Å². The van der Waals surface area contributed by atoms with Gasteiger partial charge in [0.15, 0.2) is 10.2 Å². The number of hydrogen-bond donors (Lipinski definition) is 2. The van der Waals surface area contributed by atoms with E-state index in [0.717, 1.165) is 15.8 Å². The van der Waals surface area contributed by atoms with Crippen molar-refractivity contribution in [2.24, 2.45) is 0 Å². The molecule has 0 bridgehead atoms. The van der Waals surface area contributed by atoms with Crippen molar-refractivity contribution in [3.63, 3.8) is 0 Å². The molecule has 0 aliphatic rings. The summed E-state index contributed by atoms with van der Waals surface area (Å²) in [6.07, 6.45) is 0. The summed E-state index contributed by atoms with van der Waals surface area (Å²) in [6.45, 7) is 0. The largest absolute Gasteiger partial charge is 0.308 e. The van der Waals surface area contributed by atoms with E-state index in [-0.39, 0.29) is 11.0 Å². The first-order valence-corrected chi connectivity index (χ1v) is 11.0. The predicted molar refractivity (Wildman–Crippen MR) is 129 cm³/mol. The molecule has 0 fully saturated rings. The first kappa shape index (κ1) is 20.8. The maximum absolute atomic E-state index is 13.1. The molecule has 4 rings (SSSR count). The zero-order valence-corrected chi connectivity index (χ0v) is 18.6. The van der Waals surface area contributed by atoms with Crippen LogP contribution in [0.25, 0.3) is 10.2 Å². The van der Waals surface area contributed by atoms with E-state index in [1.165, 1.54) is 11.3 Å². The standard InChI is InChI=1S/C22H15Cl2N3OS2/c23-15-11-12-16-19(18(15)24)25-22(30-16)27-21(29)26-20(28)17(13-7-3-1-4-8-13)14-9-5-2-6-10-14/h1-12,17H,(H2,25,26,27,28,29). The van der Waals surface area contributed by atoms with Gasteiger partial charge >= 0.3 is 0 Å². The van der Waals surface area contributed by atoms with Gasteiger partial charge in [0.25, 0.3) is 0 Å². The normalized spacial score (nSPS) is 10.9. The van der Waals surface area contributed by atoms with Gasteiger partial charge in [0.1, 0.15) is 5.52 Å². The number of thiocarbonyl (C=S) groups is 1. The molecule has 1 amide bonds. The number of nitrogens with one attached hydrogen (secondary N) is 2. The molecule has 4 nitrogen and oxygen atoms in total. The average Bonchev–Trinajstić information content (AvgIpc) is 3.15. The Hall–Kier alpha value is -2.51. The molecule has 150 valence electrons. The summed E-state index contributed by atoms with van der Waals surface area (Å²) in [5.74, 6) is -0.720. The van der Waals surface area contributed by atoms with E-state index in [1.54, 1.807) is 6.07 Å². The topological polar surface area (TPSA) is 54.0 Å². The van der Waals surface area contributed by atoms with Crippen LogP contribution in [0.3, 0.4) is 0 Å². The molecular formula is C22H15Cl2N3OS2. The van der Waals surface area contributed by atoms with Crippen molar-refractivity contribution in [2.75, 3.05) is 5.32 Å². The second kappa shape index (κ2) is 9.10. The zero-order valence-electron chi connectivity index (χ0n) is 15.4. The summed E-state index contributed by atoms with van der Waals surface area (Å²) in [4.78, 5) is 17.6. The quantitative estimate of drug-likeness (QED) is 0.345. The minimum atomic E-state index is -0.490. The van der Waals surface area contributed by atoms with Gasteiger partial charge in [-0.2, -0.15) is 0 Å². The Morgan fingerprint density at radius 1 is 0.933 bits per heavy atom. The van der Waals surface area contributed by atoms with Crippen LogP contribution < -0.4 is 10.6 Å². The number of carbonyl (C=O) groups excluding carboxylic acids is 1. The lowest BCUT2D eigenvalue weighted by atomic mass is 9.90. The number of hydrogen-bond acceptors (Lipinski definition) is 4. The molecule has 2 N–H and O–H groups in total. The molecule has 0 atom stereocenters. The third-order valence-electron chi connectivity index (χ3n) is 4.44. The summed E-state index contributed by atoms with van der Waals surface area (Å²) in [5.41, 5.74) is 2.35. The number of nitrogens with zero attached hydrogens (tertiary/aromatic N) is 1. The number of carbonyl (C=O) groups is 1. The van der Waals surface area contributed by atoms with Crippen LogP contribution in [0.1, 0.15) is 17.0 Å². The van der Waals surface area contributed by atoms with Crippen LogP contribution in [0, 0.1) is 0 Å². The Kier molecular flexibility index (Phi) is 6.29. The number of aromatic nitrogens is 1. The Morgan fingerprint density at radius 2 is 1.53 bits per heavy atom. The smallest absolute Gasteiger partial charge is 0.238 e. The Morgan fingerprint density at radius 3 is 2.13 bits per heavy atom. The van der Waals surface area contributed by atoms with Crippen LogP contribution in [0.5, 0.6) is 0 Å². The van der Waals surface area contributed by atoms with Gasteiger partial charge in [-0.25, -0.2) is 4.98 Å². The molecule has 1 aromatic heterocycles. The molecule has 4 aromatic rings. The lowest BCUT2D eigenvalue weighted by Crippen LogP contribution is -2.37. The Labute approximate surface area is 192 Å². The SMILES string of the molecule is O=C(NC(=S)Nc1nc2c(Cl)c(Cl)ccc2s1)C(c1ccccc1)c1ccccc1. The maximum Gasteiger partial charge on any atom is 0.238 e. The number of amides is 1. The number of thiazole rings is 1. The van der Waals surface area contributed by atoms with Crippen molar-refractivity contribution in [3.8, 4) is 0 Å². The molecule has 1 heterocycles. The summed E-state index contributed by atoms with van der Waals surface area (Å²) >= 11 is 19.0. The molecular weight excluding hydrogens is 457 g/mol. The lowest BCUT2D eigenvalue weighted by molar-refractivity contribution is -0.120. The predicted octanol–water partition coefficient (Wildman–Crippen LogP) is 6.25. The fourth-order valence-electron chi connectivity index (χ4n) is 3.09. The van der Waals surface area contributed by atoms with Crippen molar-refractivity contribution in [2.45, 2.75) is 5.92 Å². The molecule has 8 heteroatoms. The summed E-state index contributed by atoms with van der Waals surface area (Å²) in [6, 6.07) is 22.7. The van der Waals surface area contributed by atoms with Gasteiger partial charge in [-0.1, -0.05) is 95.2 Å². The van der Waals surface area contributed by atoms with Crippen LogP contribution in [-0.4, -0.2) is 16.0 Å². The van der Waals surface area contributed by atoms with E-state index < -0.39 is 5.92 Å². The Bertz CT molecular complexity index is 1170. The van der Waals surface area contributed by atoms with Gasteiger partial charge in [-0.3, -0.25) is 4.79 Å². The van der Waals surface area contributed by atoms with E-state index in [9.17, 15) is 4.79 Å². The first-order valence-electron chi connectivity index (χ1n) is 8.99. The second-order valence-electron chi connectivity index (χ2n) is 6.42. The number of anilines is 1.